The number of imidazole rings is 1. The molecule has 1 aliphatic heterocycles. The number of hydrogen-bond acceptors (Lipinski definition) is 8. The molecule has 5 aliphatic rings. The van der Waals surface area contributed by atoms with Gasteiger partial charge in [-0.05, 0) is 87.7 Å². The third-order valence-electron chi connectivity index (χ3n) is 13.5. The van der Waals surface area contributed by atoms with Gasteiger partial charge in [-0.25, -0.2) is 14.6 Å². The second-order valence-electron chi connectivity index (χ2n) is 15.5. The molecule has 10 unspecified atom stereocenters. The molecule has 4 saturated carbocycles. The fourth-order valence-electron chi connectivity index (χ4n) is 10.8. The quantitative estimate of drug-likeness (QED) is 0.449. The summed E-state index contributed by atoms with van der Waals surface area (Å²) in [5, 5.41) is 25.6. The lowest BCUT2D eigenvalue weighted by molar-refractivity contribution is -0.319. The summed E-state index contributed by atoms with van der Waals surface area (Å²) in [6.07, 6.45) is 4.59. The molecule has 0 saturated heterocycles. The predicted octanol–water partition coefficient (Wildman–Crippen LogP) is 4.62. The van der Waals surface area contributed by atoms with Gasteiger partial charge in [0, 0.05) is 32.5 Å². The smallest absolute Gasteiger partial charge is 0.338 e. The van der Waals surface area contributed by atoms with E-state index in [4.69, 9.17) is 9.47 Å². The molecule has 2 N–H and O–H groups in total. The summed E-state index contributed by atoms with van der Waals surface area (Å²) >= 11 is 0. The first-order chi connectivity index (χ1) is 22.2. The molecule has 2 amide bonds. The van der Waals surface area contributed by atoms with Crippen LogP contribution in [0.5, 0.6) is 0 Å². The summed E-state index contributed by atoms with van der Waals surface area (Å²) in [6.45, 7) is 5.61. The number of nitrogens with zero attached hydrogens (tertiary/aromatic N) is 4. The Kier molecular flexibility index (Phi) is 7.46. The van der Waals surface area contributed by atoms with Crippen molar-refractivity contribution in [3.63, 3.8) is 0 Å². The summed E-state index contributed by atoms with van der Waals surface area (Å²) in [5.74, 6) is -0.667. The summed E-state index contributed by atoms with van der Waals surface area (Å²) in [6, 6.07) is 8.63. The molecule has 7 rings (SSSR count). The van der Waals surface area contributed by atoms with E-state index in [2.05, 4.69) is 11.9 Å². The van der Waals surface area contributed by atoms with E-state index in [1.54, 1.807) is 49.6 Å². The first kappa shape index (κ1) is 32.3. The Hall–Kier alpha value is -3.28. The number of ketones is 1. The SMILES string of the molecule is CC(=O)C1CCC2(O)C3(O)CCC4CC(OC5c6c(ncn6C)N(C)C(=O)N5C)CCC4(C)C3CC(OC(=O)c3ccccc3)C12C. The zero-order valence-corrected chi connectivity index (χ0v) is 28.3. The van der Waals surface area contributed by atoms with E-state index in [0.717, 1.165) is 18.5 Å². The average Bonchev–Trinajstić information content (AvgIpc) is 3.57. The van der Waals surface area contributed by atoms with E-state index in [9.17, 15) is 24.6 Å². The molecule has 254 valence electrons. The van der Waals surface area contributed by atoms with Crippen LogP contribution in [0.1, 0.15) is 94.4 Å². The molecule has 10 atom stereocenters. The predicted molar refractivity (Wildman–Crippen MR) is 172 cm³/mol. The first-order valence-electron chi connectivity index (χ1n) is 17.1. The minimum atomic E-state index is -1.60. The molecular formula is C36H48N4O7. The van der Waals surface area contributed by atoms with E-state index >= 15 is 0 Å². The third-order valence-corrected chi connectivity index (χ3v) is 13.5. The fourth-order valence-corrected chi connectivity index (χ4v) is 10.8. The number of urea groups is 1. The van der Waals surface area contributed by atoms with Gasteiger partial charge in [-0.15, -0.1) is 0 Å². The number of amides is 2. The highest BCUT2D eigenvalue weighted by Crippen LogP contribution is 2.71. The molecule has 4 aliphatic carbocycles. The Morgan fingerprint density at radius 3 is 2.40 bits per heavy atom. The van der Waals surface area contributed by atoms with Crippen LogP contribution in [0, 0.1) is 28.6 Å². The number of benzene rings is 1. The van der Waals surface area contributed by atoms with Gasteiger partial charge < -0.3 is 24.3 Å². The number of aryl methyl sites for hydroxylation is 1. The standard InChI is InChI=1S/C36H48N4O7/c1-21(41)25-14-17-36(45)34(25,3)27(47-31(42)22-10-8-7-9-11-22)19-26-33(2)15-13-24(18-23(33)12-16-35(26,36)44)46-30-28-29(37-20-38(28)4)39(5)32(43)40(30)6/h7-11,20,23-27,30,44-45H,12-19H2,1-6H3. The normalized spacial score (nSPS) is 41.1. The highest BCUT2D eigenvalue weighted by atomic mass is 16.5. The van der Waals surface area contributed by atoms with Crippen molar-refractivity contribution in [2.75, 3.05) is 19.0 Å². The van der Waals surface area contributed by atoms with Crippen LogP contribution in [0.25, 0.3) is 0 Å². The molecule has 2 aromatic rings. The highest BCUT2D eigenvalue weighted by Gasteiger charge is 2.78. The van der Waals surface area contributed by atoms with Crippen LogP contribution >= 0.6 is 0 Å². The monoisotopic (exact) mass is 648 g/mol. The number of esters is 1. The fraction of sp³-hybridized carbons (Fsp3) is 0.667. The average molecular weight is 649 g/mol. The Labute approximate surface area is 276 Å². The van der Waals surface area contributed by atoms with E-state index in [1.165, 1.54) is 11.8 Å². The Bertz CT molecular complexity index is 1600. The van der Waals surface area contributed by atoms with Crippen molar-refractivity contribution in [3.05, 3.63) is 47.9 Å². The lowest BCUT2D eigenvalue weighted by Gasteiger charge is -2.68. The minimum Gasteiger partial charge on any atom is -0.458 e. The van der Waals surface area contributed by atoms with Crippen molar-refractivity contribution >= 4 is 23.6 Å². The van der Waals surface area contributed by atoms with Crippen LogP contribution in [0.2, 0.25) is 0 Å². The number of carbonyl (C=O) groups excluding carboxylic acids is 3. The summed E-state index contributed by atoms with van der Waals surface area (Å²) in [4.78, 5) is 47.2. The molecule has 0 bridgehead atoms. The van der Waals surface area contributed by atoms with Crippen LogP contribution in [0.4, 0.5) is 10.6 Å². The molecule has 4 fully saturated rings. The number of rotatable bonds is 5. The van der Waals surface area contributed by atoms with E-state index in [1.807, 2.05) is 24.6 Å². The Morgan fingerprint density at radius 2 is 1.70 bits per heavy atom. The van der Waals surface area contributed by atoms with Crippen molar-refractivity contribution in [2.24, 2.45) is 35.6 Å². The van der Waals surface area contributed by atoms with Crippen molar-refractivity contribution < 1.29 is 34.1 Å². The van der Waals surface area contributed by atoms with E-state index < -0.39 is 40.8 Å². The summed E-state index contributed by atoms with van der Waals surface area (Å²) in [5.41, 5.74) is -3.30. The number of hydrogen-bond donors (Lipinski definition) is 2. The highest BCUT2D eigenvalue weighted by molar-refractivity contribution is 5.93. The van der Waals surface area contributed by atoms with E-state index in [0.29, 0.717) is 43.5 Å². The number of Topliss-reactive ketones (excluding diaryl/α,β-unsaturated/α-hetero) is 1. The molecule has 11 nitrogen and oxygen atoms in total. The molecule has 11 heteroatoms. The third kappa shape index (κ3) is 4.34. The number of carbonyl (C=O) groups is 3. The van der Waals surface area contributed by atoms with Crippen LogP contribution < -0.4 is 4.90 Å². The van der Waals surface area contributed by atoms with Crippen molar-refractivity contribution in [1.29, 1.82) is 0 Å². The van der Waals surface area contributed by atoms with Gasteiger partial charge >= 0.3 is 12.0 Å². The zero-order chi connectivity index (χ0) is 33.7. The van der Waals surface area contributed by atoms with Crippen LogP contribution in [0.15, 0.2) is 36.7 Å². The molecule has 0 radical (unpaired) electrons. The van der Waals surface area contributed by atoms with Crippen molar-refractivity contribution in [1.82, 2.24) is 14.5 Å². The van der Waals surface area contributed by atoms with Gasteiger partial charge in [0.15, 0.2) is 12.0 Å². The van der Waals surface area contributed by atoms with Gasteiger partial charge in [0.1, 0.15) is 23.2 Å². The minimum absolute atomic E-state index is 0.0577. The lowest BCUT2D eigenvalue weighted by Crippen LogP contribution is -2.76. The maximum atomic E-state index is 13.5. The summed E-state index contributed by atoms with van der Waals surface area (Å²) < 4.78 is 15.0. The largest absolute Gasteiger partial charge is 0.458 e. The number of aliphatic hydroxyl groups is 2. The first-order valence-corrected chi connectivity index (χ1v) is 17.1. The van der Waals surface area contributed by atoms with Crippen molar-refractivity contribution in [3.8, 4) is 0 Å². The van der Waals surface area contributed by atoms with Crippen molar-refractivity contribution in [2.45, 2.75) is 102 Å². The number of aromatic nitrogens is 2. The maximum Gasteiger partial charge on any atom is 0.338 e. The molecule has 47 heavy (non-hydrogen) atoms. The zero-order valence-electron chi connectivity index (χ0n) is 28.3. The van der Waals surface area contributed by atoms with E-state index in [-0.39, 0.29) is 41.6 Å². The van der Waals surface area contributed by atoms with Gasteiger partial charge in [0.25, 0.3) is 0 Å². The van der Waals surface area contributed by atoms with Crippen LogP contribution in [-0.4, -0.2) is 80.0 Å². The van der Waals surface area contributed by atoms with Gasteiger partial charge in [0.05, 0.1) is 23.6 Å². The molecule has 2 heterocycles. The second kappa shape index (κ2) is 10.9. The number of ether oxygens (including phenoxy) is 2. The Morgan fingerprint density at radius 1 is 0.979 bits per heavy atom. The summed E-state index contributed by atoms with van der Waals surface area (Å²) in [7, 11) is 5.37. The maximum absolute atomic E-state index is 13.5. The number of fused-ring (bicyclic) bond motifs is 6. The second-order valence-corrected chi connectivity index (χ2v) is 15.5. The lowest BCUT2D eigenvalue weighted by atomic mass is 9.40. The molecule has 1 aromatic carbocycles. The van der Waals surface area contributed by atoms with Gasteiger partial charge in [-0.1, -0.05) is 32.0 Å². The van der Waals surface area contributed by atoms with Gasteiger partial charge in [-0.2, -0.15) is 0 Å². The van der Waals surface area contributed by atoms with Gasteiger partial charge in [-0.3, -0.25) is 14.6 Å². The Balaban J connectivity index is 1.19. The topological polar surface area (TPSA) is 134 Å². The van der Waals surface area contributed by atoms with Crippen LogP contribution in [-0.2, 0) is 21.3 Å². The molecular weight excluding hydrogens is 600 g/mol. The molecule has 1 aromatic heterocycles. The number of anilines is 1. The van der Waals surface area contributed by atoms with Gasteiger partial charge in [0.2, 0.25) is 0 Å². The molecule has 0 spiro atoms. The van der Waals surface area contributed by atoms with Crippen LogP contribution in [0.3, 0.4) is 0 Å².